The second kappa shape index (κ2) is 13.5. The van der Waals surface area contributed by atoms with Crippen LogP contribution in [0.15, 0.2) is 149 Å². The molecule has 11 rings (SSSR count). The highest BCUT2D eigenvalue weighted by Gasteiger charge is 2.39. The Balaban J connectivity index is 1.06. The summed E-state index contributed by atoms with van der Waals surface area (Å²) in [5.74, 6) is 0. The first-order valence-corrected chi connectivity index (χ1v) is 21.4. The van der Waals surface area contributed by atoms with E-state index in [1.165, 1.54) is 33.6 Å². The van der Waals surface area contributed by atoms with E-state index >= 15 is 0 Å². The van der Waals surface area contributed by atoms with E-state index in [-0.39, 0.29) is 16.5 Å². The minimum atomic E-state index is -0.153. The van der Waals surface area contributed by atoms with Crippen LogP contribution in [0.1, 0.15) is 68.6 Å². The van der Waals surface area contributed by atoms with Crippen LogP contribution in [0.5, 0.6) is 0 Å². The lowest BCUT2D eigenvalue weighted by Crippen LogP contribution is -2.34. The molecule has 0 atom stereocenters. The summed E-state index contributed by atoms with van der Waals surface area (Å²) in [6.07, 6.45) is 6.61. The number of rotatable bonds is 4. The fourth-order valence-electron chi connectivity index (χ4n) is 9.72. The van der Waals surface area contributed by atoms with Gasteiger partial charge in [-0.25, -0.2) is 14.4 Å². The molecule has 4 aliphatic rings. The Kier molecular flexibility index (Phi) is 8.24. The van der Waals surface area contributed by atoms with Gasteiger partial charge in [-0.1, -0.05) is 119 Å². The molecule has 2 aliphatic heterocycles. The van der Waals surface area contributed by atoms with Crippen LogP contribution in [0.25, 0.3) is 33.9 Å². The third-order valence-electron chi connectivity index (χ3n) is 12.7. The number of nitrogens with zero attached hydrogens (tertiary/aromatic N) is 7. The summed E-state index contributed by atoms with van der Waals surface area (Å²) >= 11 is 5.36. The molecule has 60 heavy (non-hydrogen) atoms. The van der Waals surface area contributed by atoms with Gasteiger partial charge in [0, 0.05) is 44.7 Å². The Morgan fingerprint density at radius 3 is 1.67 bits per heavy atom. The van der Waals surface area contributed by atoms with Gasteiger partial charge in [-0.05, 0) is 90.4 Å². The molecule has 0 saturated carbocycles. The lowest BCUT2D eigenvalue weighted by Gasteiger charge is -2.44. The molecule has 0 amide bonds. The lowest BCUT2D eigenvalue weighted by atomic mass is 9.71. The van der Waals surface area contributed by atoms with Crippen molar-refractivity contribution in [2.24, 2.45) is 4.40 Å². The third-order valence-corrected chi connectivity index (χ3v) is 13.5. The van der Waals surface area contributed by atoms with E-state index in [4.69, 9.17) is 15.4 Å². The van der Waals surface area contributed by atoms with Gasteiger partial charge in [-0.2, -0.15) is 8.75 Å². The highest BCUT2D eigenvalue weighted by atomic mass is 32.1. The van der Waals surface area contributed by atoms with Crippen molar-refractivity contribution in [1.82, 2.24) is 18.7 Å². The Morgan fingerprint density at radius 1 is 0.583 bits per heavy atom. The fourth-order valence-corrected chi connectivity index (χ4v) is 10.5. The average Bonchev–Trinajstić information content (AvgIpc) is 3.78. The molecule has 0 radical (unpaired) electrons. The van der Waals surface area contributed by atoms with Crippen LogP contribution < -0.4 is 9.80 Å². The van der Waals surface area contributed by atoms with Crippen molar-refractivity contribution >= 4 is 64.4 Å². The number of para-hydroxylation sites is 3. The number of thiol groups is 1. The molecule has 8 nitrogen and oxygen atoms in total. The van der Waals surface area contributed by atoms with Gasteiger partial charge in [0.05, 0.1) is 34.5 Å². The zero-order valence-electron chi connectivity index (χ0n) is 33.6. The quantitative estimate of drug-likeness (QED) is 0.172. The fraction of sp³-hybridized carbons (Fsp3) is 0.160. The van der Waals surface area contributed by atoms with Crippen molar-refractivity contribution in [3.8, 4) is 33.9 Å². The zero-order chi connectivity index (χ0) is 40.9. The van der Waals surface area contributed by atoms with Gasteiger partial charge in [-0.3, -0.25) is 5.41 Å². The van der Waals surface area contributed by atoms with Gasteiger partial charge in [0.25, 0.3) is 0 Å². The van der Waals surface area contributed by atoms with E-state index < -0.39 is 0 Å². The number of hydrogen-bond donors (Lipinski definition) is 2. The molecular formula is C50H40N8S2. The van der Waals surface area contributed by atoms with Crippen LogP contribution in [-0.2, 0) is 10.8 Å². The Morgan fingerprint density at radius 2 is 1.08 bits per heavy atom. The number of allylic oxidation sites excluding steroid dienone is 4. The van der Waals surface area contributed by atoms with Crippen molar-refractivity contribution in [2.45, 2.75) is 51.4 Å². The molecule has 5 aromatic carbocycles. The molecule has 2 aromatic heterocycles. The van der Waals surface area contributed by atoms with Crippen LogP contribution in [-0.4, -0.2) is 30.1 Å². The maximum Gasteiger partial charge on any atom is 0.135 e. The van der Waals surface area contributed by atoms with E-state index in [0.717, 1.165) is 58.4 Å². The lowest BCUT2D eigenvalue weighted by molar-refractivity contribution is 0.603. The topological polar surface area (TPSA) is 94.2 Å². The summed E-state index contributed by atoms with van der Waals surface area (Å²) in [5, 5.41) is 8.96. The third kappa shape index (κ3) is 5.30. The monoisotopic (exact) mass is 816 g/mol. The first kappa shape index (κ1) is 36.6. The summed E-state index contributed by atoms with van der Waals surface area (Å²) in [5.41, 5.74) is 17.6. The summed E-state index contributed by atoms with van der Waals surface area (Å²) < 4.78 is 13.3. The second-order valence-corrected chi connectivity index (χ2v) is 17.5. The van der Waals surface area contributed by atoms with Gasteiger partial charge in [-0.15, -0.1) is 0 Å². The van der Waals surface area contributed by atoms with Crippen molar-refractivity contribution in [3.05, 3.63) is 173 Å². The molecule has 4 heterocycles. The Bertz CT molecular complexity index is 2980. The number of hydrogen-bond acceptors (Lipinski definition) is 10. The summed E-state index contributed by atoms with van der Waals surface area (Å²) in [7, 11) is 0. The predicted octanol–water partition coefficient (Wildman–Crippen LogP) is 12.5. The van der Waals surface area contributed by atoms with Gasteiger partial charge in [0.2, 0.25) is 0 Å². The number of fused-ring (bicyclic) bond motifs is 6. The van der Waals surface area contributed by atoms with Crippen molar-refractivity contribution in [3.63, 3.8) is 0 Å². The molecule has 10 heteroatoms. The Hall–Kier alpha value is -6.49. The van der Waals surface area contributed by atoms with Crippen LogP contribution in [0, 0.1) is 5.41 Å². The molecular weight excluding hydrogens is 777 g/mol. The first-order valence-electron chi connectivity index (χ1n) is 20.2. The number of benzene rings is 5. The van der Waals surface area contributed by atoms with E-state index in [1.54, 1.807) is 0 Å². The van der Waals surface area contributed by atoms with Gasteiger partial charge in [0.15, 0.2) is 0 Å². The minimum absolute atomic E-state index is 0.102. The number of nitrogens with one attached hydrogen (secondary N) is 1. The van der Waals surface area contributed by atoms with Gasteiger partial charge >= 0.3 is 0 Å². The predicted molar refractivity (Wildman–Crippen MR) is 248 cm³/mol. The molecule has 0 saturated heterocycles. The SMILES string of the molecule is CC1(C)C2=C(CCC=C2)N(c2ccc(-c3nc4c(nc3-c3ccc(N5c6ccccc6C(C)(C)c6ccccc65)cc3)/C(=N/S)C(=N)c3nsnc3-4)cc2)c2ccccc21. The Labute approximate surface area is 359 Å². The van der Waals surface area contributed by atoms with Gasteiger partial charge < -0.3 is 9.80 Å². The maximum atomic E-state index is 8.96. The van der Waals surface area contributed by atoms with Crippen LogP contribution in [0.4, 0.5) is 28.4 Å². The normalized spacial score (nSPS) is 17.4. The van der Waals surface area contributed by atoms with Crippen molar-refractivity contribution in [1.29, 1.82) is 5.41 Å². The number of aromatic nitrogens is 4. The van der Waals surface area contributed by atoms with Crippen LogP contribution in [0.3, 0.4) is 0 Å². The average molecular weight is 817 g/mol. The highest BCUT2D eigenvalue weighted by Crippen LogP contribution is 2.53. The molecule has 0 unspecified atom stereocenters. The van der Waals surface area contributed by atoms with Gasteiger partial charge in [0.1, 0.15) is 34.2 Å². The maximum absolute atomic E-state index is 8.96. The largest absolute Gasteiger partial charge is 0.314 e. The molecule has 292 valence electrons. The first-order chi connectivity index (χ1) is 29.2. The summed E-state index contributed by atoms with van der Waals surface area (Å²) in [4.78, 5) is 15.4. The van der Waals surface area contributed by atoms with E-state index in [0.29, 0.717) is 39.9 Å². The summed E-state index contributed by atoms with van der Waals surface area (Å²) in [6.45, 7) is 9.27. The molecule has 0 bridgehead atoms. The van der Waals surface area contributed by atoms with E-state index in [1.807, 2.05) is 0 Å². The van der Waals surface area contributed by atoms with Crippen LogP contribution >= 0.6 is 24.5 Å². The van der Waals surface area contributed by atoms with E-state index in [2.05, 4.69) is 197 Å². The summed E-state index contributed by atoms with van der Waals surface area (Å²) in [6, 6.07) is 43.4. The standard InChI is InChI=1S/C50H40N8S2/c1-49(2)33-13-5-9-17-37(33)57(38-18-10-6-14-34(38)49)31-25-21-29(22-26-31)42-43(53-47-46(52-42)44(54-59)41(51)45-48(47)56-60-55-45)30-23-27-32(28-24-30)58-39-19-11-7-15-35(39)50(3,4)36-16-8-12-20-40(36)58/h5-11,13-19,21-28,51,59H,12,20H2,1-4H3/b51-41?,54-44+. The molecule has 0 fully saturated rings. The molecule has 1 N–H and O–H groups in total. The molecule has 0 spiro atoms. The van der Waals surface area contributed by atoms with Crippen molar-refractivity contribution < 1.29 is 0 Å². The van der Waals surface area contributed by atoms with Crippen LogP contribution in [0.2, 0.25) is 0 Å². The highest BCUT2D eigenvalue weighted by molar-refractivity contribution is 7.79. The van der Waals surface area contributed by atoms with Crippen molar-refractivity contribution in [2.75, 3.05) is 9.80 Å². The minimum Gasteiger partial charge on any atom is -0.314 e. The smallest absolute Gasteiger partial charge is 0.135 e. The van der Waals surface area contributed by atoms with E-state index in [9.17, 15) is 0 Å². The zero-order valence-corrected chi connectivity index (χ0v) is 35.3. The molecule has 7 aromatic rings. The second-order valence-electron chi connectivity index (χ2n) is 16.8. The number of anilines is 5. The molecule has 2 aliphatic carbocycles.